The number of rotatable bonds is 1. The lowest BCUT2D eigenvalue weighted by molar-refractivity contribution is 0.220. The van der Waals surface area contributed by atoms with Crippen molar-refractivity contribution in [3.05, 3.63) is 71.9 Å². The summed E-state index contributed by atoms with van der Waals surface area (Å²) in [4.78, 5) is 6.80. The van der Waals surface area contributed by atoms with Crippen LogP contribution in [0.25, 0.3) is 27.4 Å². The molecule has 3 nitrogen and oxygen atoms in total. The van der Waals surface area contributed by atoms with E-state index in [1.54, 1.807) is 12.1 Å². The van der Waals surface area contributed by atoms with Gasteiger partial charge < -0.3 is 4.57 Å². The molecule has 0 amide bonds. The normalized spacial score (nSPS) is 21.5. The lowest BCUT2D eigenvalue weighted by Gasteiger charge is -2.27. The Morgan fingerprint density at radius 1 is 0.963 bits per heavy atom. The number of halogens is 1. The quantitative estimate of drug-likeness (QED) is 0.477. The van der Waals surface area contributed by atoms with Crippen molar-refractivity contribution in [1.29, 1.82) is 0 Å². The van der Waals surface area contributed by atoms with Crippen LogP contribution in [0.2, 0.25) is 0 Å². The molecule has 3 aliphatic rings. The Hall–Kier alpha value is -2.72. The van der Waals surface area contributed by atoms with Crippen LogP contribution in [0.5, 0.6) is 0 Å². The molecule has 0 radical (unpaired) electrons. The maximum absolute atomic E-state index is 14.1. The Morgan fingerprint density at radius 3 is 2.74 bits per heavy atom. The molecule has 2 aromatic carbocycles. The van der Waals surface area contributed by atoms with Gasteiger partial charge in [-0.1, -0.05) is 6.07 Å². The van der Waals surface area contributed by atoms with E-state index in [0.29, 0.717) is 5.92 Å². The number of aromatic nitrogens is 2. The van der Waals surface area contributed by atoms with Gasteiger partial charge in [0, 0.05) is 47.0 Å². The molecule has 4 heteroatoms. The highest BCUT2D eigenvalue weighted by Gasteiger charge is 2.33. The van der Waals surface area contributed by atoms with Crippen LogP contribution in [0.15, 0.2) is 54.9 Å². The number of hydrogen-bond acceptors (Lipinski definition) is 2. The van der Waals surface area contributed by atoms with Crippen LogP contribution in [-0.4, -0.2) is 27.5 Å². The van der Waals surface area contributed by atoms with Crippen molar-refractivity contribution in [2.24, 2.45) is 0 Å². The second kappa shape index (κ2) is 5.64. The zero-order valence-electron chi connectivity index (χ0n) is 15.0. The molecule has 2 bridgehead atoms. The summed E-state index contributed by atoms with van der Waals surface area (Å²) in [6.07, 6.45) is 6.11. The molecule has 0 unspecified atom stereocenters. The summed E-state index contributed by atoms with van der Waals surface area (Å²) in [5.74, 6) is 0.385. The molecular weight excluding hydrogens is 337 g/mol. The average Bonchev–Trinajstić information content (AvgIpc) is 2.82. The molecule has 1 saturated heterocycles. The van der Waals surface area contributed by atoms with E-state index in [2.05, 4.69) is 32.7 Å². The fourth-order valence-corrected chi connectivity index (χ4v) is 5.02. The molecule has 0 atom stereocenters. The third-order valence-corrected chi connectivity index (χ3v) is 6.31. The zero-order chi connectivity index (χ0) is 18.0. The van der Waals surface area contributed by atoms with E-state index >= 15 is 0 Å². The highest BCUT2D eigenvalue weighted by Crippen LogP contribution is 2.42. The number of nitrogens with zero attached hydrogens (tertiary/aromatic N) is 3. The molecule has 27 heavy (non-hydrogen) atoms. The lowest BCUT2D eigenvalue weighted by Crippen LogP contribution is -2.29. The summed E-state index contributed by atoms with van der Waals surface area (Å²) >= 11 is 0. The van der Waals surface area contributed by atoms with Crippen LogP contribution in [0.1, 0.15) is 30.0 Å². The molecule has 7 rings (SSSR count). The van der Waals surface area contributed by atoms with Crippen molar-refractivity contribution < 1.29 is 4.39 Å². The first-order valence-corrected chi connectivity index (χ1v) is 9.67. The molecule has 4 aromatic rings. The first-order chi connectivity index (χ1) is 13.3. The molecule has 134 valence electrons. The minimum absolute atomic E-state index is 0.156. The topological polar surface area (TPSA) is 21.1 Å². The van der Waals surface area contributed by atoms with Crippen molar-refractivity contribution in [1.82, 2.24) is 14.5 Å². The van der Waals surface area contributed by atoms with Crippen molar-refractivity contribution >= 4 is 21.7 Å². The molecule has 2 aromatic heterocycles. The van der Waals surface area contributed by atoms with Crippen molar-refractivity contribution in [3.8, 4) is 5.69 Å². The van der Waals surface area contributed by atoms with Crippen LogP contribution < -0.4 is 0 Å². The second-order valence-corrected chi connectivity index (χ2v) is 7.82. The summed E-state index contributed by atoms with van der Waals surface area (Å²) in [5, 5.41) is 3.39. The first kappa shape index (κ1) is 15.3. The standard InChI is InChI=1S/C23H20FN3/c24-18-2-4-22-20(12-18)21-14-26-9-6-16(7-10-26)23(21)27(22)19-3-1-15-5-8-25-13-17(15)11-19/h1-5,8,11-13,16H,6-7,9-10,14H2. The highest BCUT2D eigenvalue weighted by molar-refractivity contribution is 5.90. The van der Waals surface area contributed by atoms with Gasteiger partial charge >= 0.3 is 0 Å². The van der Waals surface area contributed by atoms with Gasteiger partial charge in [0.25, 0.3) is 0 Å². The van der Waals surface area contributed by atoms with E-state index < -0.39 is 0 Å². The Morgan fingerprint density at radius 2 is 1.85 bits per heavy atom. The van der Waals surface area contributed by atoms with Crippen molar-refractivity contribution in [2.75, 3.05) is 13.1 Å². The summed E-state index contributed by atoms with van der Waals surface area (Å²) in [7, 11) is 0. The maximum Gasteiger partial charge on any atom is 0.123 e. The first-order valence-electron chi connectivity index (χ1n) is 9.67. The molecule has 5 heterocycles. The summed E-state index contributed by atoms with van der Waals surface area (Å²) in [6, 6.07) is 13.8. The Kier molecular flexibility index (Phi) is 3.20. The van der Waals surface area contributed by atoms with Gasteiger partial charge in [0.15, 0.2) is 0 Å². The predicted octanol–water partition coefficient (Wildman–Crippen LogP) is 5.01. The van der Waals surface area contributed by atoms with Crippen LogP contribution in [0.4, 0.5) is 4.39 Å². The predicted molar refractivity (Wildman–Crippen MR) is 106 cm³/mol. The zero-order valence-corrected chi connectivity index (χ0v) is 15.0. The average molecular weight is 357 g/mol. The summed E-state index contributed by atoms with van der Waals surface area (Å²) < 4.78 is 16.5. The summed E-state index contributed by atoms with van der Waals surface area (Å²) in [6.45, 7) is 3.20. The van der Waals surface area contributed by atoms with Crippen LogP contribution in [0, 0.1) is 5.82 Å². The van der Waals surface area contributed by atoms with Crippen LogP contribution >= 0.6 is 0 Å². The third-order valence-electron chi connectivity index (χ3n) is 6.31. The highest BCUT2D eigenvalue weighted by atomic mass is 19.1. The van der Waals surface area contributed by atoms with Crippen molar-refractivity contribution in [3.63, 3.8) is 0 Å². The number of benzene rings is 2. The molecular formula is C23H20FN3. The lowest BCUT2D eigenvalue weighted by atomic mass is 9.94. The van der Waals surface area contributed by atoms with E-state index in [9.17, 15) is 4.39 Å². The van der Waals surface area contributed by atoms with E-state index in [1.807, 2.05) is 24.5 Å². The molecule has 0 aliphatic carbocycles. The third kappa shape index (κ3) is 2.26. The molecule has 1 fully saturated rings. The fourth-order valence-electron chi connectivity index (χ4n) is 5.02. The number of fused-ring (bicyclic) bond motifs is 4. The van der Waals surface area contributed by atoms with Crippen LogP contribution in [-0.2, 0) is 6.54 Å². The van der Waals surface area contributed by atoms with Gasteiger partial charge in [0.1, 0.15) is 5.82 Å². The second-order valence-electron chi connectivity index (χ2n) is 7.82. The van der Waals surface area contributed by atoms with Gasteiger partial charge in [-0.25, -0.2) is 4.39 Å². The Bertz CT molecular complexity index is 1190. The fraction of sp³-hybridized carbons (Fsp3) is 0.261. The monoisotopic (exact) mass is 357 g/mol. The Balaban J connectivity index is 1.69. The molecule has 3 aliphatic heterocycles. The van der Waals surface area contributed by atoms with E-state index in [4.69, 9.17) is 0 Å². The SMILES string of the molecule is Fc1ccc2c(c1)c1c(n2-c2ccc3ccncc3c2)C2CCN(CC2)C1. The minimum Gasteiger partial charge on any atom is -0.313 e. The van der Waals surface area contributed by atoms with Gasteiger partial charge in [-0.05, 0) is 73.3 Å². The van der Waals surface area contributed by atoms with Gasteiger partial charge in [-0.15, -0.1) is 0 Å². The number of hydrogen-bond donors (Lipinski definition) is 0. The van der Waals surface area contributed by atoms with Gasteiger partial charge in [-0.2, -0.15) is 0 Å². The maximum atomic E-state index is 14.1. The van der Waals surface area contributed by atoms with E-state index in [-0.39, 0.29) is 5.82 Å². The smallest absolute Gasteiger partial charge is 0.123 e. The van der Waals surface area contributed by atoms with E-state index in [1.165, 1.54) is 29.5 Å². The van der Waals surface area contributed by atoms with Gasteiger partial charge in [0.05, 0.1) is 5.52 Å². The van der Waals surface area contributed by atoms with Gasteiger partial charge in [-0.3, -0.25) is 9.88 Å². The molecule has 0 spiro atoms. The van der Waals surface area contributed by atoms with Gasteiger partial charge in [0.2, 0.25) is 0 Å². The van der Waals surface area contributed by atoms with Crippen LogP contribution in [0.3, 0.4) is 0 Å². The summed E-state index contributed by atoms with van der Waals surface area (Å²) in [5.41, 5.74) is 4.96. The number of pyridine rings is 1. The molecule has 0 saturated carbocycles. The Labute approximate surface area is 157 Å². The largest absolute Gasteiger partial charge is 0.313 e. The number of piperidine rings is 1. The molecule has 0 N–H and O–H groups in total. The minimum atomic E-state index is -0.156. The van der Waals surface area contributed by atoms with Crippen molar-refractivity contribution in [2.45, 2.75) is 25.3 Å². The van der Waals surface area contributed by atoms with E-state index in [0.717, 1.165) is 41.6 Å².